The topological polar surface area (TPSA) is 35.2 Å². The van der Waals surface area contributed by atoms with Gasteiger partial charge < -0.3 is 10.5 Å². The van der Waals surface area contributed by atoms with Crippen LogP contribution < -0.4 is 10.5 Å². The number of hydrogen-bond donors (Lipinski definition) is 1. The third-order valence-corrected chi connectivity index (χ3v) is 3.50. The first kappa shape index (κ1) is 14.8. The minimum atomic E-state index is 0.281. The van der Waals surface area contributed by atoms with Crippen molar-refractivity contribution in [3.05, 3.63) is 58.6 Å². The largest absolute Gasteiger partial charge is 0.457 e. The van der Waals surface area contributed by atoms with Crippen molar-refractivity contribution in [2.24, 2.45) is 5.73 Å². The molecular formula is C16H16ClNOS. The number of thiocarbonyl (C=S) groups is 1. The van der Waals surface area contributed by atoms with Crippen molar-refractivity contribution in [3.8, 4) is 11.5 Å². The maximum absolute atomic E-state index is 6.12. The van der Waals surface area contributed by atoms with Gasteiger partial charge in [0.1, 0.15) is 16.5 Å². The number of halogens is 1. The zero-order valence-electron chi connectivity index (χ0n) is 11.4. The van der Waals surface area contributed by atoms with E-state index in [9.17, 15) is 0 Å². The maximum atomic E-state index is 6.12. The normalized spacial score (nSPS) is 10.6. The molecule has 2 aromatic carbocycles. The molecule has 0 spiro atoms. The summed E-state index contributed by atoms with van der Waals surface area (Å²) in [6, 6.07) is 13.3. The fourth-order valence-corrected chi connectivity index (χ4v) is 2.34. The first-order valence-corrected chi connectivity index (χ1v) is 7.13. The first-order valence-electron chi connectivity index (χ1n) is 6.34. The molecule has 104 valence electrons. The Balaban J connectivity index is 2.24. The third-order valence-electron chi connectivity index (χ3n) is 2.97. The lowest BCUT2D eigenvalue weighted by atomic mass is 10.0. The molecule has 0 saturated heterocycles. The van der Waals surface area contributed by atoms with Crippen LogP contribution in [0.3, 0.4) is 0 Å². The van der Waals surface area contributed by atoms with Gasteiger partial charge in [-0.1, -0.05) is 49.8 Å². The minimum absolute atomic E-state index is 0.281. The molecule has 2 N–H and O–H groups in total. The zero-order chi connectivity index (χ0) is 14.7. The molecule has 0 atom stereocenters. The van der Waals surface area contributed by atoms with Crippen LogP contribution in [0.15, 0.2) is 42.5 Å². The van der Waals surface area contributed by atoms with Gasteiger partial charge in [0.25, 0.3) is 0 Å². The summed E-state index contributed by atoms with van der Waals surface area (Å²) in [6.45, 7) is 4.29. The highest BCUT2D eigenvalue weighted by molar-refractivity contribution is 7.80. The van der Waals surface area contributed by atoms with Crippen LogP contribution in [0.2, 0.25) is 5.02 Å². The van der Waals surface area contributed by atoms with Crippen LogP contribution >= 0.6 is 23.8 Å². The predicted octanol–water partition coefficient (Wildman–Crippen LogP) is 4.89. The Morgan fingerprint density at radius 1 is 1.15 bits per heavy atom. The summed E-state index contributed by atoms with van der Waals surface area (Å²) in [6.07, 6.45) is 0. The summed E-state index contributed by atoms with van der Waals surface area (Å²) in [4.78, 5) is 0.281. The van der Waals surface area contributed by atoms with E-state index in [-0.39, 0.29) is 4.99 Å². The summed E-state index contributed by atoms with van der Waals surface area (Å²) in [7, 11) is 0. The van der Waals surface area contributed by atoms with E-state index in [1.807, 2.05) is 24.3 Å². The number of hydrogen-bond acceptors (Lipinski definition) is 2. The standard InChI is InChI=1S/C16H16ClNOS/c1-10(2)11-4-3-5-12(8-11)19-13-6-7-14(16(18)20)15(17)9-13/h3-10H,1-2H3,(H2,18,20). The van der Waals surface area contributed by atoms with Crippen LogP contribution in [0.4, 0.5) is 0 Å². The number of nitrogens with two attached hydrogens (primary N) is 1. The molecule has 0 bridgehead atoms. The molecule has 2 rings (SSSR count). The van der Waals surface area contributed by atoms with Crippen molar-refractivity contribution in [1.82, 2.24) is 0 Å². The smallest absolute Gasteiger partial charge is 0.128 e. The lowest BCUT2D eigenvalue weighted by Crippen LogP contribution is -2.09. The van der Waals surface area contributed by atoms with Gasteiger partial charge >= 0.3 is 0 Å². The van der Waals surface area contributed by atoms with E-state index >= 15 is 0 Å². The zero-order valence-corrected chi connectivity index (χ0v) is 13.0. The second kappa shape index (κ2) is 6.25. The highest BCUT2D eigenvalue weighted by Crippen LogP contribution is 2.28. The van der Waals surface area contributed by atoms with E-state index in [4.69, 9.17) is 34.3 Å². The quantitative estimate of drug-likeness (QED) is 0.817. The van der Waals surface area contributed by atoms with E-state index in [0.29, 0.717) is 22.3 Å². The molecule has 0 fully saturated rings. The number of rotatable bonds is 4. The van der Waals surface area contributed by atoms with E-state index in [0.717, 1.165) is 5.75 Å². The predicted molar refractivity (Wildman–Crippen MR) is 87.9 cm³/mol. The molecule has 0 amide bonds. The van der Waals surface area contributed by atoms with Gasteiger partial charge in [-0.05, 0) is 35.7 Å². The van der Waals surface area contributed by atoms with E-state index in [1.54, 1.807) is 12.1 Å². The van der Waals surface area contributed by atoms with Gasteiger partial charge in [-0.15, -0.1) is 0 Å². The molecule has 0 saturated carbocycles. The Morgan fingerprint density at radius 3 is 2.45 bits per heavy atom. The van der Waals surface area contributed by atoms with Crippen LogP contribution in [0.1, 0.15) is 30.9 Å². The molecule has 4 heteroatoms. The molecule has 2 nitrogen and oxygen atoms in total. The maximum Gasteiger partial charge on any atom is 0.128 e. The van der Waals surface area contributed by atoms with Crippen LogP contribution in [-0.2, 0) is 0 Å². The average Bonchev–Trinajstić information content (AvgIpc) is 2.38. The summed E-state index contributed by atoms with van der Waals surface area (Å²) in [5.74, 6) is 1.91. The van der Waals surface area contributed by atoms with Gasteiger partial charge in [0.15, 0.2) is 0 Å². The fraction of sp³-hybridized carbons (Fsp3) is 0.188. The molecule has 2 aromatic rings. The number of ether oxygens (including phenoxy) is 1. The van der Waals surface area contributed by atoms with Crippen LogP contribution in [0, 0.1) is 0 Å². The monoisotopic (exact) mass is 305 g/mol. The van der Waals surface area contributed by atoms with Gasteiger partial charge in [0.2, 0.25) is 0 Å². The van der Waals surface area contributed by atoms with Crippen molar-refractivity contribution in [3.63, 3.8) is 0 Å². The average molecular weight is 306 g/mol. The first-order chi connectivity index (χ1) is 9.47. The lowest BCUT2D eigenvalue weighted by molar-refractivity contribution is 0.481. The molecule has 0 unspecified atom stereocenters. The molecule has 0 aromatic heterocycles. The second-order valence-corrected chi connectivity index (χ2v) is 5.68. The van der Waals surface area contributed by atoms with Crippen LogP contribution in [0.5, 0.6) is 11.5 Å². The highest BCUT2D eigenvalue weighted by atomic mass is 35.5. The summed E-state index contributed by atoms with van der Waals surface area (Å²) in [5.41, 5.74) is 7.46. The Hall–Kier alpha value is -1.58. The molecular weight excluding hydrogens is 290 g/mol. The van der Waals surface area contributed by atoms with Gasteiger partial charge in [-0.25, -0.2) is 0 Å². The molecule has 0 aliphatic heterocycles. The number of benzene rings is 2. The van der Waals surface area contributed by atoms with Crippen LogP contribution in [0.25, 0.3) is 0 Å². The Morgan fingerprint density at radius 2 is 1.85 bits per heavy atom. The van der Waals surface area contributed by atoms with Gasteiger partial charge in [-0.3, -0.25) is 0 Å². The fourth-order valence-electron chi connectivity index (χ4n) is 1.83. The molecule has 0 aliphatic rings. The van der Waals surface area contributed by atoms with Gasteiger partial charge in [0.05, 0.1) is 5.02 Å². The summed E-state index contributed by atoms with van der Waals surface area (Å²) >= 11 is 11.0. The minimum Gasteiger partial charge on any atom is -0.457 e. The SMILES string of the molecule is CC(C)c1cccc(Oc2ccc(C(N)=S)c(Cl)c2)c1. The van der Waals surface area contributed by atoms with Gasteiger partial charge in [-0.2, -0.15) is 0 Å². The highest BCUT2D eigenvalue weighted by Gasteiger charge is 2.07. The lowest BCUT2D eigenvalue weighted by Gasteiger charge is -2.11. The van der Waals surface area contributed by atoms with Gasteiger partial charge in [0, 0.05) is 11.6 Å². The second-order valence-electron chi connectivity index (χ2n) is 4.84. The molecule has 0 radical (unpaired) electrons. The van der Waals surface area contributed by atoms with Crippen molar-refractivity contribution in [1.29, 1.82) is 0 Å². The van der Waals surface area contributed by atoms with E-state index in [2.05, 4.69) is 19.9 Å². The van der Waals surface area contributed by atoms with E-state index in [1.165, 1.54) is 5.56 Å². The van der Waals surface area contributed by atoms with Crippen LogP contribution in [-0.4, -0.2) is 4.99 Å². The van der Waals surface area contributed by atoms with E-state index < -0.39 is 0 Å². The summed E-state index contributed by atoms with van der Waals surface area (Å²) in [5, 5.41) is 0.495. The Kier molecular flexibility index (Phi) is 4.63. The van der Waals surface area contributed by atoms with Crippen molar-refractivity contribution >= 4 is 28.8 Å². The molecule has 0 aliphatic carbocycles. The Labute approximate surface area is 129 Å². The van der Waals surface area contributed by atoms with Crippen molar-refractivity contribution in [2.45, 2.75) is 19.8 Å². The molecule has 20 heavy (non-hydrogen) atoms. The third kappa shape index (κ3) is 3.50. The van der Waals surface area contributed by atoms with Crippen molar-refractivity contribution in [2.75, 3.05) is 0 Å². The summed E-state index contributed by atoms with van der Waals surface area (Å²) < 4.78 is 5.82. The van der Waals surface area contributed by atoms with Crippen molar-refractivity contribution < 1.29 is 4.74 Å². The molecule has 0 heterocycles. The Bertz CT molecular complexity index is 640.